The third-order valence-electron chi connectivity index (χ3n) is 12.2. The molecule has 0 heterocycles. The van der Waals surface area contributed by atoms with Crippen molar-refractivity contribution in [3.63, 3.8) is 0 Å². The van der Waals surface area contributed by atoms with Gasteiger partial charge in [0, 0.05) is 39.0 Å². The molecule has 0 unspecified atom stereocenters. The first kappa shape index (κ1) is 56.1. The standard InChI is InChI=1S/2C29H44O2.Zr/c2*1-26(2,3)20-14-18(24(30)22(16-20)28(7,8)9)13-19-15-21(27(4,5)6)17-23(25(19)31)29(10,11)12;/h2*14-17,30-31H,13H2,1-12H3;. The maximum atomic E-state index is 11.2. The van der Waals surface area contributed by atoms with Crippen LogP contribution in [-0.2, 0) is 82.4 Å². The van der Waals surface area contributed by atoms with Crippen molar-refractivity contribution in [2.45, 2.75) is 222 Å². The summed E-state index contributed by atoms with van der Waals surface area (Å²) in [6.07, 6.45) is 0.995. The van der Waals surface area contributed by atoms with Gasteiger partial charge in [-0.25, -0.2) is 0 Å². The summed E-state index contributed by atoms with van der Waals surface area (Å²) in [5.41, 5.74) is 11.3. The Morgan fingerprint density at radius 2 is 0.397 bits per heavy atom. The van der Waals surface area contributed by atoms with E-state index < -0.39 is 0 Å². The minimum absolute atomic E-state index is 0. The summed E-state index contributed by atoms with van der Waals surface area (Å²) in [5.74, 6) is 1.38. The Hall–Kier alpha value is -3.04. The molecule has 0 saturated heterocycles. The molecule has 0 atom stereocenters. The van der Waals surface area contributed by atoms with Gasteiger partial charge in [0.15, 0.2) is 0 Å². The Balaban J connectivity index is 0.000000427. The van der Waals surface area contributed by atoms with Crippen LogP contribution in [0.3, 0.4) is 0 Å². The number of phenolic OH excluding ortho intramolecular Hbond substituents is 4. The van der Waals surface area contributed by atoms with E-state index in [1.165, 1.54) is 22.3 Å². The molecule has 0 bridgehead atoms. The molecule has 4 aromatic rings. The van der Waals surface area contributed by atoms with E-state index in [-0.39, 0.29) is 69.5 Å². The fraction of sp³-hybridized carbons (Fsp3) is 0.586. The molecule has 0 radical (unpaired) electrons. The van der Waals surface area contributed by atoms with Gasteiger partial charge in [0.2, 0.25) is 0 Å². The maximum absolute atomic E-state index is 11.2. The van der Waals surface area contributed by atoms with Crippen molar-refractivity contribution in [1.29, 1.82) is 0 Å². The van der Waals surface area contributed by atoms with Gasteiger partial charge in [-0.15, -0.1) is 0 Å². The van der Waals surface area contributed by atoms with E-state index in [4.69, 9.17) is 0 Å². The SMILES string of the molecule is CC(C)(C)c1cc(Cc2cc(C(C)(C)C)cc(C(C)(C)C)c2O)c(O)c(C(C)(C)C)c1.CC(C)(C)c1cc(Cc2cc(C(C)(C)C)cc(C(C)(C)C)c2O)c(O)c(C(C)(C)C)c1.[Zr]. The monoisotopic (exact) mass is 939 g/mol. The second kappa shape index (κ2) is 18.7. The van der Waals surface area contributed by atoms with Crippen LogP contribution in [0.5, 0.6) is 23.0 Å². The Morgan fingerprint density at radius 1 is 0.254 bits per heavy atom. The van der Waals surface area contributed by atoms with Crippen LogP contribution in [0.25, 0.3) is 0 Å². The molecule has 4 aromatic carbocycles. The van der Waals surface area contributed by atoms with Gasteiger partial charge in [-0.1, -0.05) is 215 Å². The Bertz CT molecular complexity index is 1910. The number of aromatic hydroxyl groups is 4. The zero-order chi connectivity index (χ0) is 48.3. The van der Waals surface area contributed by atoms with Crippen molar-refractivity contribution in [3.05, 3.63) is 115 Å². The number of hydrogen-bond donors (Lipinski definition) is 4. The normalized spacial score (nSPS) is 13.3. The summed E-state index contributed by atoms with van der Waals surface area (Å²) < 4.78 is 0. The summed E-state index contributed by atoms with van der Waals surface area (Å²) >= 11 is 0. The molecule has 0 fully saturated rings. The van der Waals surface area contributed by atoms with Crippen LogP contribution < -0.4 is 0 Å². The van der Waals surface area contributed by atoms with E-state index in [0.717, 1.165) is 44.5 Å². The molecule has 0 spiro atoms. The van der Waals surface area contributed by atoms with Crippen LogP contribution in [0.4, 0.5) is 0 Å². The predicted octanol–water partition coefficient (Wildman–Crippen LogP) is 15.8. The van der Waals surface area contributed by atoms with Crippen LogP contribution in [0.2, 0.25) is 0 Å². The molecule has 4 rings (SSSR count). The first-order valence-corrected chi connectivity index (χ1v) is 22.9. The van der Waals surface area contributed by atoms with Crippen LogP contribution in [0.1, 0.15) is 233 Å². The molecule has 4 nitrogen and oxygen atoms in total. The molecule has 0 aliphatic rings. The van der Waals surface area contributed by atoms with Crippen molar-refractivity contribution in [2.75, 3.05) is 0 Å². The molecule has 0 aliphatic carbocycles. The van der Waals surface area contributed by atoms with Crippen molar-refractivity contribution in [1.82, 2.24) is 0 Å². The first-order chi connectivity index (χ1) is 27.5. The Labute approximate surface area is 404 Å². The summed E-state index contributed by atoms with van der Waals surface area (Å²) in [5, 5.41) is 45.0. The summed E-state index contributed by atoms with van der Waals surface area (Å²) in [6, 6.07) is 17.0. The third-order valence-corrected chi connectivity index (χ3v) is 12.2. The van der Waals surface area contributed by atoms with Gasteiger partial charge < -0.3 is 20.4 Å². The van der Waals surface area contributed by atoms with Crippen molar-refractivity contribution in [2.24, 2.45) is 0 Å². The fourth-order valence-electron chi connectivity index (χ4n) is 7.75. The van der Waals surface area contributed by atoms with E-state index in [2.05, 4.69) is 215 Å². The Kier molecular flexibility index (Phi) is 16.6. The van der Waals surface area contributed by atoms with Crippen molar-refractivity contribution in [3.8, 4) is 23.0 Å². The van der Waals surface area contributed by atoms with Gasteiger partial charge in [-0.05, 0) is 110 Å². The topological polar surface area (TPSA) is 80.9 Å². The van der Waals surface area contributed by atoms with Crippen LogP contribution in [0.15, 0.2) is 48.5 Å². The van der Waals surface area contributed by atoms with Gasteiger partial charge in [-0.2, -0.15) is 0 Å². The average Bonchev–Trinajstić information content (AvgIpc) is 3.04. The van der Waals surface area contributed by atoms with Crippen LogP contribution in [0, 0.1) is 0 Å². The summed E-state index contributed by atoms with van der Waals surface area (Å²) in [7, 11) is 0. The molecular weight excluding hydrogens is 852 g/mol. The molecule has 5 heteroatoms. The third kappa shape index (κ3) is 14.0. The fourth-order valence-corrected chi connectivity index (χ4v) is 7.75. The van der Waals surface area contributed by atoms with Gasteiger partial charge in [-0.3, -0.25) is 0 Å². The van der Waals surface area contributed by atoms with Crippen molar-refractivity contribution >= 4 is 0 Å². The molecule has 348 valence electrons. The molecule has 0 aliphatic heterocycles. The number of benzene rings is 4. The van der Waals surface area contributed by atoms with E-state index in [1.807, 2.05) is 0 Å². The largest absolute Gasteiger partial charge is 0.507 e. The van der Waals surface area contributed by atoms with Gasteiger partial charge >= 0.3 is 0 Å². The quantitative estimate of drug-likeness (QED) is 0.164. The second-order valence-corrected chi connectivity index (χ2v) is 26.5. The molecule has 0 saturated carbocycles. The van der Waals surface area contributed by atoms with Gasteiger partial charge in [0.05, 0.1) is 0 Å². The first-order valence-electron chi connectivity index (χ1n) is 22.9. The zero-order valence-corrected chi connectivity index (χ0v) is 46.8. The number of rotatable bonds is 4. The molecule has 0 amide bonds. The molecule has 4 N–H and O–H groups in total. The average molecular weight is 941 g/mol. The van der Waals surface area contributed by atoms with Gasteiger partial charge in [0.25, 0.3) is 0 Å². The van der Waals surface area contributed by atoms with E-state index in [9.17, 15) is 20.4 Å². The molecule has 63 heavy (non-hydrogen) atoms. The molecule has 0 aromatic heterocycles. The van der Waals surface area contributed by atoms with E-state index >= 15 is 0 Å². The van der Waals surface area contributed by atoms with E-state index in [0.29, 0.717) is 35.8 Å². The smallest absolute Gasteiger partial charge is 0.122 e. The van der Waals surface area contributed by atoms with Crippen LogP contribution in [-0.4, -0.2) is 20.4 Å². The van der Waals surface area contributed by atoms with E-state index in [1.54, 1.807) is 0 Å². The Morgan fingerprint density at radius 3 is 0.508 bits per heavy atom. The summed E-state index contributed by atoms with van der Waals surface area (Å²) in [4.78, 5) is 0. The van der Waals surface area contributed by atoms with Crippen molar-refractivity contribution < 1.29 is 46.6 Å². The molecular formula is C58H88O4Zr. The zero-order valence-electron chi connectivity index (χ0n) is 44.3. The van der Waals surface area contributed by atoms with Crippen LogP contribution >= 0.6 is 0 Å². The van der Waals surface area contributed by atoms with Gasteiger partial charge in [0.1, 0.15) is 23.0 Å². The number of hydrogen-bond acceptors (Lipinski definition) is 4. The minimum Gasteiger partial charge on any atom is -0.507 e. The maximum Gasteiger partial charge on any atom is 0.122 e. The number of phenols is 4. The second-order valence-electron chi connectivity index (χ2n) is 26.5. The predicted molar refractivity (Wildman–Crippen MR) is 268 cm³/mol. The minimum atomic E-state index is -0.175. The summed E-state index contributed by atoms with van der Waals surface area (Å²) in [6.45, 7) is 52.0.